The van der Waals surface area contributed by atoms with Gasteiger partial charge in [-0.05, 0) is 56.6 Å². The van der Waals surface area contributed by atoms with Gasteiger partial charge < -0.3 is 10.2 Å². The van der Waals surface area contributed by atoms with Crippen LogP contribution >= 0.6 is 0 Å². The first-order chi connectivity index (χ1) is 11.7. The lowest BCUT2D eigenvalue weighted by Gasteiger charge is -2.24. The molecule has 24 heavy (non-hydrogen) atoms. The van der Waals surface area contributed by atoms with Gasteiger partial charge in [0.15, 0.2) is 0 Å². The van der Waals surface area contributed by atoms with Crippen LogP contribution in [0.2, 0.25) is 0 Å². The van der Waals surface area contributed by atoms with Gasteiger partial charge in [-0.15, -0.1) is 0 Å². The number of amides is 2. The first-order valence-electron chi connectivity index (χ1n) is 9.15. The summed E-state index contributed by atoms with van der Waals surface area (Å²) in [5, 5.41) is 3.20. The summed E-state index contributed by atoms with van der Waals surface area (Å²) in [5.74, 6) is 1.73. The molecule has 130 valence electrons. The Hall–Kier alpha value is -1.69. The highest BCUT2D eigenvalue weighted by Crippen LogP contribution is 2.60. The lowest BCUT2D eigenvalue weighted by atomic mass is 10.0. The Labute approximate surface area is 143 Å². The van der Waals surface area contributed by atoms with E-state index in [0.717, 1.165) is 44.3 Å². The summed E-state index contributed by atoms with van der Waals surface area (Å²) in [6.45, 7) is 3.25. The van der Waals surface area contributed by atoms with Crippen LogP contribution < -0.4 is 5.32 Å². The molecule has 6 heteroatoms. The van der Waals surface area contributed by atoms with Crippen molar-refractivity contribution in [3.8, 4) is 0 Å². The van der Waals surface area contributed by atoms with Crippen LogP contribution in [0.3, 0.4) is 0 Å². The SMILES string of the molecule is CN(Cc1ncccn1)[C@H]1CCN(C(=O)NCC2(C3CC3)CC2)C1. The van der Waals surface area contributed by atoms with Gasteiger partial charge in [0, 0.05) is 38.1 Å². The van der Waals surface area contributed by atoms with Gasteiger partial charge in [-0.25, -0.2) is 14.8 Å². The third-order valence-corrected chi connectivity index (χ3v) is 6.01. The Balaban J connectivity index is 1.24. The van der Waals surface area contributed by atoms with Gasteiger partial charge in [0.2, 0.25) is 0 Å². The highest BCUT2D eigenvalue weighted by Gasteiger charge is 2.53. The number of urea groups is 1. The highest BCUT2D eigenvalue weighted by atomic mass is 16.2. The predicted octanol–water partition coefficient (Wildman–Crippen LogP) is 1.88. The van der Waals surface area contributed by atoms with Crippen LogP contribution in [0.4, 0.5) is 4.79 Å². The number of likely N-dealkylation sites (tertiary alicyclic amines) is 1. The lowest BCUT2D eigenvalue weighted by molar-refractivity contribution is 0.193. The molecule has 0 unspecified atom stereocenters. The molecular formula is C18H27N5O. The molecule has 2 aliphatic carbocycles. The standard InChI is InChI=1S/C18H27N5O/c1-22(12-16-19-8-2-9-20-16)15-5-10-23(11-15)17(24)21-13-18(6-7-18)14-3-4-14/h2,8-9,14-15H,3-7,10-13H2,1H3,(H,21,24)/t15-/m0/s1. The summed E-state index contributed by atoms with van der Waals surface area (Å²) < 4.78 is 0. The molecule has 3 aliphatic rings. The third kappa shape index (κ3) is 3.38. The second-order valence-corrected chi connectivity index (χ2v) is 7.76. The number of carbonyl (C=O) groups is 1. The fraction of sp³-hybridized carbons (Fsp3) is 0.722. The second-order valence-electron chi connectivity index (χ2n) is 7.76. The van der Waals surface area contributed by atoms with Crippen molar-refractivity contribution in [2.75, 3.05) is 26.7 Å². The molecule has 1 N–H and O–H groups in total. The van der Waals surface area contributed by atoms with Gasteiger partial charge in [-0.3, -0.25) is 4.90 Å². The molecule has 2 saturated carbocycles. The van der Waals surface area contributed by atoms with E-state index in [-0.39, 0.29) is 6.03 Å². The summed E-state index contributed by atoms with van der Waals surface area (Å²) >= 11 is 0. The van der Waals surface area contributed by atoms with Crippen LogP contribution in [0.5, 0.6) is 0 Å². The van der Waals surface area contributed by atoms with Gasteiger partial charge in [-0.2, -0.15) is 0 Å². The van der Waals surface area contributed by atoms with E-state index in [1.54, 1.807) is 12.4 Å². The zero-order chi connectivity index (χ0) is 16.6. The Kier molecular flexibility index (Phi) is 4.16. The molecule has 1 atom stereocenters. The van der Waals surface area contributed by atoms with Crippen molar-refractivity contribution in [2.45, 2.75) is 44.7 Å². The third-order valence-electron chi connectivity index (χ3n) is 6.01. The van der Waals surface area contributed by atoms with Crippen molar-refractivity contribution < 1.29 is 4.79 Å². The van der Waals surface area contributed by atoms with Crippen molar-refractivity contribution in [1.29, 1.82) is 0 Å². The summed E-state index contributed by atoms with van der Waals surface area (Å²) in [6.07, 6.45) is 9.92. The normalized spacial score (nSPS) is 25.1. The largest absolute Gasteiger partial charge is 0.337 e. The van der Waals surface area contributed by atoms with Crippen LogP contribution in [-0.2, 0) is 6.54 Å². The summed E-state index contributed by atoms with van der Waals surface area (Å²) in [6, 6.07) is 2.34. The average Bonchev–Trinajstić information content (AvgIpc) is 3.51. The number of hydrogen-bond donors (Lipinski definition) is 1. The molecule has 1 saturated heterocycles. The van der Waals surface area contributed by atoms with E-state index in [1.165, 1.54) is 25.7 Å². The monoisotopic (exact) mass is 329 g/mol. The Morgan fingerprint density at radius 3 is 2.75 bits per heavy atom. The smallest absolute Gasteiger partial charge is 0.317 e. The van der Waals surface area contributed by atoms with Crippen molar-refractivity contribution in [3.05, 3.63) is 24.3 Å². The van der Waals surface area contributed by atoms with Crippen LogP contribution in [0.15, 0.2) is 18.5 Å². The highest BCUT2D eigenvalue weighted by molar-refractivity contribution is 5.74. The number of nitrogens with zero attached hydrogens (tertiary/aromatic N) is 4. The van der Waals surface area contributed by atoms with E-state index in [4.69, 9.17) is 0 Å². The fourth-order valence-electron chi connectivity index (χ4n) is 4.00. The molecule has 2 heterocycles. The van der Waals surface area contributed by atoms with Gasteiger partial charge in [-0.1, -0.05) is 0 Å². The van der Waals surface area contributed by atoms with Crippen molar-refractivity contribution in [2.24, 2.45) is 11.3 Å². The zero-order valence-electron chi connectivity index (χ0n) is 14.4. The van der Waals surface area contributed by atoms with E-state index in [1.807, 2.05) is 11.0 Å². The van der Waals surface area contributed by atoms with Crippen molar-refractivity contribution >= 4 is 6.03 Å². The van der Waals surface area contributed by atoms with Gasteiger partial charge in [0.1, 0.15) is 5.82 Å². The van der Waals surface area contributed by atoms with Crippen LogP contribution in [0.25, 0.3) is 0 Å². The number of carbonyl (C=O) groups excluding carboxylic acids is 1. The number of likely N-dealkylation sites (N-methyl/N-ethyl adjacent to an activating group) is 1. The molecular weight excluding hydrogens is 302 g/mol. The molecule has 0 aromatic carbocycles. The molecule has 1 aliphatic heterocycles. The van der Waals surface area contributed by atoms with E-state index in [9.17, 15) is 4.79 Å². The molecule has 0 bridgehead atoms. The Morgan fingerprint density at radius 1 is 1.33 bits per heavy atom. The van der Waals surface area contributed by atoms with Gasteiger partial charge in [0.25, 0.3) is 0 Å². The van der Waals surface area contributed by atoms with Crippen molar-refractivity contribution in [1.82, 2.24) is 25.1 Å². The molecule has 4 rings (SSSR count). The average molecular weight is 329 g/mol. The quantitative estimate of drug-likeness (QED) is 0.866. The van der Waals surface area contributed by atoms with Gasteiger partial charge >= 0.3 is 6.03 Å². The second kappa shape index (κ2) is 6.31. The number of aromatic nitrogens is 2. The van der Waals surface area contributed by atoms with E-state index in [2.05, 4.69) is 27.2 Å². The zero-order valence-corrected chi connectivity index (χ0v) is 14.4. The summed E-state index contributed by atoms with van der Waals surface area (Å²) in [5.41, 5.74) is 0.468. The minimum Gasteiger partial charge on any atom is -0.337 e. The molecule has 3 fully saturated rings. The number of hydrogen-bond acceptors (Lipinski definition) is 4. The number of rotatable bonds is 6. The Morgan fingerprint density at radius 2 is 2.08 bits per heavy atom. The molecule has 1 aromatic rings. The van der Waals surface area contributed by atoms with Crippen LogP contribution in [0.1, 0.15) is 37.9 Å². The van der Waals surface area contributed by atoms with Crippen LogP contribution in [-0.4, -0.2) is 58.5 Å². The topological polar surface area (TPSA) is 61.4 Å². The molecule has 2 amide bonds. The lowest BCUT2D eigenvalue weighted by Crippen LogP contribution is -2.43. The van der Waals surface area contributed by atoms with Crippen LogP contribution in [0, 0.1) is 11.3 Å². The molecule has 0 spiro atoms. The molecule has 6 nitrogen and oxygen atoms in total. The minimum absolute atomic E-state index is 0.119. The fourth-order valence-corrected chi connectivity index (χ4v) is 4.00. The maximum Gasteiger partial charge on any atom is 0.317 e. The van der Waals surface area contributed by atoms with E-state index < -0.39 is 0 Å². The number of nitrogens with one attached hydrogen (secondary N) is 1. The summed E-state index contributed by atoms with van der Waals surface area (Å²) in [4.78, 5) is 25.3. The first kappa shape index (κ1) is 15.8. The molecule has 0 radical (unpaired) electrons. The van der Waals surface area contributed by atoms with E-state index >= 15 is 0 Å². The minimum atomic E-state index is 0.119. The van der Waals surface area contributed by atoms with Crippen molar-refractivity contribution in [3.63, 3.8) is 0 Å². The maximum absolute atomic E-state index is 12.5. The predicted molar refractivity (Wildman–Crippen MR) is 91.3 cm³/mol. The summed E-state index contributed by atoms with van der Waals surface area (Å²) in [7, 11) is 2.09. The molecule has 1 aromatic heterocycles. The maximum atomic E-state index is 12.5. The van der Waals surface area contributed by atoms with Gasteiger partial charge in [0.05, 0.1) is 6.54 Å². The van der Waals surface area contributed by atoms with E-state index in [0.29, 0.717) is 11.5 Å². The first-order valence-corrected chi connectivity index (χ1v) is 9.15. The Bertz CT molecular complexity index is 584.